The molecule has 3 unspecified atom stereocenters. The largest absolute Gasteiger partial charge is 0.392 e. The van der Waals surface area contributed by atoms with Crippen LogP contribution in [0, 0.1) is 18.8 Å². The van der Waals surface area contributed by atoms with E-state index in [1.54, 1.807) is 0 Å². The van der Waals surface area contributed by atoms with Crippen LogP contribution in [-0.2, 0) is 0 Å². The van der Waals surface area contributed by atoms with E-state index in [0.717, 1.165) is 13.1 Å². The van der Waals surface area contributed by atoms with Crippen LogP contribution < -0.4 is 5.73 Å². The second-order valence-corrected chi connectivity index (χ2v) is 6.59. The molecule has 0 spiro atoms. The number of piperidine rings is 1. The molecule has 0 radical (unpaired) electrons. The van der Waals surface area contributed by atoms with E-state index in [-0.39, 0.29) is 6.04 Å². The number of thiocarbonyl (C=S) groups is 1. The Balaban J connectivity index is 2.24. The lowest BCUT2D eigenvalue weighted by Gasteiger charge is -2.40. The summed E-state index contributed by atoms with van der Waals surface area (Å²) in [4.78, 5) is 3.04. The van der Waals surface area contributed by atoms with Gasteiger partial charge in [-0.3, -0.25) is 4.90 Å². The zero-order valence-corrected chi connectivity index (χ0v) is 12.9. The lowest BCUT2D eigenvalue weighted by molar-refractivity contribution is 0.122. The van der Waals surface area contributed by atoms with Gasteiger partial charge in [-0.05, 0) is 30.7 Å². The van der Waals surface area contributed by atoms with Crippen LogP contribution in [0.15, 0.2) is 24.3 Å². The average Bonchev–Trinajstić information content (AvgIpc) is 2.30. The molecule has 19 heavy (non-hydrogen) atoms. The molecule has 1 heterocycles. The average molecular weight is 276 g/mol. The molecule has 1 aromatic rings. The van der Waals surface area contributed by atoms with Gasteiger partial charge < -0.3 is 5.73 Å². The first kappa shape index (κ1) is 14.5. The first-order chi connectivity index (χ1) is 8.97. The standard InChI is InChI=1S/C16H24N2S/c1-11-4-6-14(7-5-11)15(16(17)19)18-9-12(2)8-13(3)10-18/h4-7,12-13,15H,8-10H2,1-3H3,(H2,17,19). The van der Waals surface area contributed by atoms with Crippen LogP contribution in [0.1, 0.15) is 37.4 Å². The Morgan fingerprint density at radius 3 is 2.21 bits per heavy atom. The van der Waals surface area contributed by atoms with Gasteiger partial charge in [-0.2, -0.15) is 0 Å². The third-order valence-corrected chi connectivity index (χ3v) is 4.15. The fraction of sp³-hybridized carbons (Fsp3) is 0.562. The van der Waals surface area contributed by atoms with Crippen molar-refractivity contribution >= 4 is 17.2 Å². The molecule has 3 atom stereocenters. The highest BCUT2D eigenvalue weighted by molar-refractivity contribution is 7.80. The molecular formula is C16H24N2S. The third-order valence-electron chi connectivity index (χ3n) is 3.92. The fourth-order valence-corrected chi connectivity index (χ4v) is 3.51. The number of likely N-dealkylation sites (tertiary alicyclic amines) is 1. The summed E-state index contributed by atoms with van der Waals surface area (Å²) in [5.41, 5.74) is 8.51. The second kappa shape index (κ2) is 6.02. The maximum atomic E-state index is 6.02. The topological polar surface area (TPSA) is 29.3 Å². The summed E-state index contributed by atoms with van der Waals surface area (Å²) in [6.45, 7) is 8.90. The zero-order chi connectivity index (χ0) is 14.0. The summed E-state index contributed by atoms with van der Waals surface area (Å²) in [7, 11) is 0. The van der Waals surface area contributed by atoms with Crippen molar-refractivity contribution in [2.24, 2.45) is 17.6 Å². The maximum Gasteiger partial charge on any atom is 0.0948 e. The van der Waals surface area contributed by atoms with E-state index in [2.05, 4.69) is 49.9 Å². The van der Waals surface area contributed by atoms with Crippen molar-refractivity contribution in [2.75, 3.05) is 13.1 Å². The van der Waals surface area contributed by atoms with Gasteiger partial charge in [0.1, 0.15) is 0 Å². The molecule has 0 saturated carbocycles. The summed E-state index contributed by atoms with van der Waals surface area (Å²) in [6, 6.07) is 8.67. The molecule has 0 aliphatic carbocycles. The van der Waals surface area contributed by atoms with Gasteiger partial charge >= 0.3 is 0 Å². The maximum absolute atomic E-state index is 6.02. The first-order valence-electron chi connectivity index (χ1n) is 7.07. The Morgan fingerprint density at radius 2 is 1.74 bits per heavy atom. The zero-order valence-electron chi connectivity index (χ0n) is 12.1. The van der Waals surface area contributed by atoms with Gasteiger partial charge in [-0.15, -0.1) is 0 Å². The van der Waals surface area contributed by atoms with Gasteiger partial charge in [0.2, 0.25) is 0 Å². The number of hydrogen-bond donors (Lipinski definition) is 1. The molecule has 0 aromatic heterocycles. The van der Waals surface area contributed by atoms with Crippen molar-refractivity contribution in [3.8, 4) is 0 Å². The van der Waals surface area contributed by atoms with Crippen molar-refractivity contribution in [1.82, 2.24) is 4.90 Å². The molecule has 0 amide bonds. The molecule has 1 saturated heterocycles. The summed E-state index contributed by atoms with van der Waals surface area (Å²) in [5, 5.41) is 0. The molecule has 2 N–H and O–H groups in total. The molecule has 1 aliphatic heterocycles. The van der Waals surface area contributed by atoms with E-state index in [0.29, 0.717) is 16.8 Å². The van der Waals surface area contributed by atoms with E-state index < -0.39 is 0 Å². The normalized spacial score (nSPS) is 26.1. The van der Waals surface area contributed by atoms with Gasteiger partial charge in [0.05, 0.1) is 11.0 Å². The van der Waals surface area contributed by atoms with Crippen LogP contribution >= 0.6 is 12.2 Å². The van der Waals surface area contributed by atoms with Gasteiger partial charge in [-0.25, -0.2) is 0 Å². The van der Waals surface area contributed by atoms with Crippen molar-refractivity contribution in [2.45, 2.75) is 33.2 Å². The molecule has 1 fully saturated rings. The van der Waals surface area contributed by atoms with Gasteiger partial charge in [0.25, 0.3) is 0 Å². The number of nitrogens with two attached hydrogens (primary N) is 1. The van der Waals surface area contributed by atoms with Crippen molar-refractivity contribution in [3.05, 3.63) is 35.4 Å². The number of benzene rings is 1. The van der Waals surface area contributed by atoms with Crippen LogP contribution in [0.3, 0.4) is 0 Å². The first-order valence-corrected chi connectivity index (χ1v) is 7.48. The lowest BCUT2D eigenvalue weighted by Crippen LogP contribution is -2.45. The number of nitrogens with zero attached hydrogens (tertiary/aromatic N) is 1. The second-order valence-electron chi connectivity index (χ2n) is 6.12. The Kier molecular flexibility index (Phi) is 4.58. The minimum atomic E-state index is 0.0841. The molecule has 3 heteroatoms. The Hall–Kier alpha value is -0.930. The van der Waals surface area contributed by atoms with E-state index in [9.17, 15) is 0 Å². The summed E-state index contributed by atoms with van der Waals surface area (Å²) >= 11 is 5.33. The third kappa shape index (κ3) is 3.54. The van der Waals surface area contributed by atoms with Crippen molar-refractivity contribution in [1.29, 1.82) is 0 Å². The van der Waals surface area contributed by atoms with E-state index in [1.165, 1.54) is 17.5 Å². The summed E-state index contributed by atoms with van der Waals surface area (Å²) in [5.74, 6) is 1.43. The molecule has 1 aromatic carbocycles. The Labute approximate surface area is 122 Å². The van der Waals surface area contributed by atoms with Crippen molar-refractivity contribution < 1.29 is 0 Å². The highest BCUT2D eigenvalue weighted by Gasteiger charge is 2.29. The number of aryl methyl sites for hydroxylation is 1. The molecule has 2 nitrogen and oxygen atoms in total. The minimum Gasteiger partial charge on any atom is -0.392 e. The smallest absolute Gasteiger partial charge is 0.0948 e. The van der Waals surface area contributed by atoms with Gasteiger partial charge in [0, 0.05) is 13.1 Å². The van der Waals surface area contributed by atoms with Gasteiger partial charge in [0.15, 0.2) is 0 Å². The molecular weight excluding hydrogens is 252 g/mol. The summed E-state index contributed by atoms with van der Waals surface area (Å²) in [6.07, 6.45) is 1.30. The monoisotopic (exact) mass is 276 g/mol. The predicted octanol–water partition coefficient (Wildman–Crippen LogP) is 3.30. The van der Waals surface area contributed by atoms with E-state index in [4.69, 9.17) is 18.0 Å². The van der Waals surface area contributed by atoms with Crippen LogP contribution in [0.2, 0.25) is 0 Å². The quantitative estimate of drug-likeness (QED) is 0.859. The van der Waals surface area contributed by atoms with E-state index >= 15 is 0 Å². The fourth-order valence-electron chi connectivity index (χ4n) is 3.23. The van der Waals surface area contributed by atoms with Gasteiger partial charge in [-0.1, -0.05) is 55.9 Å². The molecule has 104 valence electrons. The van der Waals surface area contributed by atoms with Crippen LogP contribution in [0.25, 0.3) is 0 Å². The molecule has 1 aliphatic rings. The number of hydrogen-bond acceptors (Lipinski definition) is 2. The molecule has 0 bridgehead atoms. The SMILES string of the molecule is Cc1ccc(C(C(N)=S)N2CC(C)CC(C)C2)cc1. The predicted molar refractivity (Wildman–Crippen MR) is 85.2 cm³/mol. The Bertz CT molecular complexity index is 431. The van der Waals surface area contributed by atoms with E-state index in [1.807, 2.05) is 0 Å². The Morgan fingerprint density at radius 1 is 1.21 bits per heavy atom. The van der Waals surface area contributed by atoms with Crippen LogP contribution in [-0.4, -0.2) is 23.0 Å². The highest BCUT2D eigenvalue weighted by atomic mass is 32.1. The van der Waals surface area contributed by atoms with Crippen molar-refractivity contribution in [3.63, 3.8) is 0 Å². The minimum absolute atomic E-state index is 0.0841. The van der Waals surface area contributed by atoms with Crippen LogP contribution in [0.4, 0.5) is 0 Å². The van der Waals surface area contributed by atoms with Crippen LogP contribution in [0.5, 0.6) is 0 Å². The molecule has 2 rings (SSSR count). The summed E-state index contributed by atoms with van der Waals surface area (Å²) < 4.78 is 0. The number of rotatable bonds is 3. The highest BCUT2D eigenvalue weighted by Crippen LogP contribution is 2.29. The lowest BCUT2D eigenvalue weighted by atomic mass is 9.89.